The molecule has 0 aliphatic carbocycles. The van der Waals surface area contributed by atoms with Gasteiger partial charge in [-0.3, -0.25) is 4.68 Å². The van der Waals surface area contributed by atoms with Crippen LogP contribution in [0.3, 0.4) is 0 Å². The average molecular weight is 284 g/mol. The van der Waals surface area contributed by atoms with Crippen molar-refractivity contribution in [2.45, 2.75) is 11.3 Å². The molecule has 2 rings (SSSR count). The van der Waals surface area contributed by atoms with E-state index in [-0.39, 0.29) is 17.3 Å². The fourth-order valence-electron chi connectivity index (χ4n) is 1.70. The Hall–Kier alpha value is -1.87. The van der Waals surface area contributed by atoms with Crippen LogP contribution in [-0.4, -0.2) is 34.3 Å². The Bertz CT molecular complexity index is 672. The summed E-state index contributed by atoms with van der Waals surface area (Å²) in [7, 11) is -0.160. The molecule has 0 bridgehead atoms. The maximum atomic E-state index is 12.0. The molecule has 0 spiro atoms. The molecule has 0 unspecified atom stereocenters. The van der Waals surface area contributed by atoms with E-state index in [4.69, 9.17) is 5.73 Å². The van der Waals surface area contributed by atoms with Crippen LogP contribution in [0, 0.1) is 0 Å². The van der Waals surface area contributed by atoms with Crippen LogP contribution in [-0.2, 0) is 30.5 Å². The van der Waals surface area contributed by atoms with Crippen molar-refractivity contribution in [3.8, 4) is 0 Å². The lowest BCUT2D eigenvalue weighted by Crippen LogP contribution is -2.27. The van der Waals surface area contributed by atoms with Crippen LogP contribution in [0.5, 0.6) is 0 Å². The number of aryl methyl sites for hydroxylation is 2. The fraction of sp³-hybridized carbons (Fsp3) is 0.400. The summed E-state index contributed by atoms with van der Waals surface area (Å²) in [5.74, 6) is 0.800. The zero-order valence-corrected chi connectivity index (χ0v) is 11.6. The lowest BCUT2D eigenvalue weighted by atomic mass is 10.4. The van der Waals surface area contributed by atoms with Crippen LogP contribution in [0.4, 0.5) is 5.82 Å². The number of anilines is 1. The highest BCUT2D eigenvalue weighted by Crippen LogP contribution is 2.14. The van der Waals surface area contributed by atoms with E-state index < -0.39 is 10.0 Å². The molecule has 0 atom stereocenters. The third-order valence-corrected chi connectivity index (χ3v) is 4.15. The van der Waals surface area contributed by atoms with Crippen LogP contribution in [0.25, 0.3) is 0 Å². The Morgan fingerprint density at radius 3 is 2.68 bits per heavy atom. The van der Waals surface area contributed by atoms with E-state index in [1.54, 1.807) is 13.2 Å². The molecule has 0 radical (unpaired) electrons. The first-order valence-corrected chi connectivity index (χ1v) is 7.13. The molecule has 0 aliphatic heterocycles. The molecule has 0 fully saturated rings. The van der Waals surface area contributed by atoms with E-state index in [1.807, 2.05) is 17.8 Å². The van der Waals surface area contributed by atoms with Crippen molar-refractivity contribution in [1.82, 2.24) is 24.1 Å². The number of sulfonamides is 1. The van der Waals surface area contributed by atoms with E-state index in [1.165, 1.54) is 10.9 Å². The molecular weight excluding hydrogens is 268 g/mol. The summed E-state index contributed by atoms with van der Waals surface area (Å²) in [5, 5.41) is 3.81. The predicted octanol–water partition coefficient (Wildman–Crippen LogP) is -0.743. The third-order valence-electron chi connectivity index (χ3n) is 2.67. The molecule has 19 heavy (non-hydrogen) atoms. The van der Waals surface area contributed by atoms with Crippen molar-refractivity contribution in [2.75, 3.05) is 12.3 Å². The molecule has 0 saturated carbocycles. The van der Waals surface area contributed by atoms with Gasteiger partial charge in [-0.15, -0.1) is 0 Å². The maximum Gasteiger partial charge on any atom is 0.245 e. The smallest absolute Gasteiger partial charge is 0.245 e. The van der Waals surface area contributed by atoms with Gasteiger partial charge in [0.15, 0.2) is 5.82 Å². The van der Waals surface area contributed by atoms with Gasteiger partial charge in [0.1, 0.15) is 10.7 Å². The van der Waals surface area contributed by atoms with E-state index in [0.717, 1.165) is 5.82 Å². The Balaban J connectivity index is 2.03. The Labute approximate surface area is 111 Å². The molecule has 0 aromatic carbocycles. The third kappa shape index (κ3) is 2.93. The molecule has 3 N–H and O–H groups in total. The van der Waals surface area contributed by atoms with Crippen molar-refractivity contribution in [2.24, 2.45) is 14.1 Å². The van der Waals surface area contributed by atoms with E-state index in [9.17, 15) is 8.42 Å². The zero-order valence-electron chi connectivity index (χ0n) is 10.7. The molecule has 8 nitrogen and oxygen atoms in total. The zero-order chi connectivity index (χ0) is 14.0. The van der Waals surface area contributed by atoms with Crippen LogP contribution in [0.2, 0.25) is 0 Å². The second-order valence-corrected chi connectivity index (χ2v) is 5.89. The van der Waals surface area contributed by atoms with Crippen molar-refractivity contribution in [3.05, 3.63) is 24.4 Å². The van der Waals surface area contributed by atoms with Gasteiger partial charge in [-0.05, 0) is 0 Å². The predicted molar refractivity (Wildman–Crippen MR) is 69.7 cm³/mol. The first-order chi connectivity index (χ1) is 8.90. The summed E-state index contributed by atoms with van der Waals surface area (Å²) < 4.78 is 29.7. The maximum absolute atomic E-state index is 12.0. The number of aromatic nitrogens is 4. The SMILES string of the molecule is Cn1cc(S(=O)(=O)NCCc2nccn2C)c(N)n1. The Morgan fingerprint density at radius 1 is 1.42 bits per heavy atom. The summed E-state index contributed by atoms with van der Waals surface area (Å²) in [6.45, 7) is 0.252. The molecule has 2 aromatic heterocycles. The number of rotatable bonds is 5. The minimum absolute atomic E-state index is 0.00478. The van der Waals surface area contributed by atoms with Gasteiger partial charge in [0, 0.05) is 45.7 Å². The number of hydrogen-bond donors (Lipinski definition) is 2. The summed E-state index contributed by atoms with van der Waals surface area (Å²) in [6, 6.07) is 0. The topological polar surface area (TPSA) is 108 Å². The minimum atomic E-state index is -3.63. The second kappa shape index (κ2) is 5.02. The lowest BCUT2D eigenvalue weighted by molar-refractivity contribution is 0.580. The normalized spacial score (nSPS) is 11.9. The minimum Gasteiger partial charge on any atom is -0.381 e. The quantitative estimate of drug-likeness (QED) is 0.751. The largest absolute Gasteiger partial charge is 0.381 e. The van der Waals surface area contributed by atoms with Crippen molar-refractivity contribution in [1.29, 1.82) is 0 Å². The molecular formula is C10H16N6O2S. The van der Waals surface area contributed by atoms with Crippen LogP contribution < -0.4 is 10.5 Å². The van der Waals surface area contributed by atoms with Crippen molar-refractivity contribution < 1.29 is 8.42 Å². The van der Waals surface area contributed by atoms with Crippen LogP contribution in [0.1, 0.15) is 5.82 Å². The molecule has 0 aliphatic rings. The van der Waals surface area contributed by atoms with Gasteiger partial charge >= 0.3 is 0 Å². The van der Waals surface area contributed by atoms with Crippen molar-refractivity contribution >= 4 is 15.8 Å². The number of hydrogen-bond acceptors (Lipinski definition) is 5. The Kier molecular flexibility index (Phi) is 3.58. The molecule has 0 saturated heterocycles. The summed E-state index contributed by atoms with van der Waals surface area (Å²) >= 11 is 0. The summed E-state index contributed by atoms with van der Waals surface area (Å²) in [6.07, 6.45) is 5.35. The standard InChI is InChI=1S/C10H16N6O2S/c1-15-6-5-12-9(15)3-4-13-19(17,18)8-7-16(2)14-10(8)11/h5-7,13H,3-4H2,1-2H3,(H2,11,14). The van der Waals surface area contributed by atoms with Gasteiger partial charge < -0.3 is 10.3 Å². The van der Waals surface area contributed by atoms with Gasteiger partial charge in [0.25, 0.3) is 0 Å². The number of nitrogen functional groups attached to an aromatic ring is 1. The summed E-state index contributed by atoms with van der Waals surface area (Å²) in [5.41, 5.74) is 5.55. The second-order valence-electron chi connectivity index (χ2n) is 4.15. The first-order valence-electron chi connectivity index (χ1n) is 5.65. The van der Waals surface area contributed by atoms with E-state index in [0.29, 0.717) is 6.42 Å². The monoisotopic (exact) mass is 284 g/mol. The fourth-order valence-corrected chi connectivity index (χ4v) is 2.84. The van der Waals surface area contributed by atoms with Crippen LogP contribution in [0.15, 0.2) is 23.5 Å². The first kappa shape index (κ1) is 13.6. The lowest BCUT2D eigenvalue weighted by Gasteiger charge is -2.05. The highest BCUT2D eigenvalue weighted by molar-refractivity contribution is 7.89. The molecule has 9 heteroatoms. The van der Waals surface area contributed by atoms with Gasteiger partial charge in [0.05, 0.1) is 0 Å². The molecule has 104 valence electrons. The molecule has 0 amide bonds. The molecule has 2 aromatic rings. The van der Waals surface area contributed by atoms with E-state index >= 15 is 0 Å². The molecule has 2 heterocycles. The van der Waals surface area contributed by atoms with E-state index in [2.05, 4.69) is 14.8 Å². The number of nitrogens with zero attached hydrogens (tertiary/aromatic N) is 4. The number of nitrogens with one attached hydrogen (secondary N) is 1. The number of imidazole rings is 1. The highest BCUT2D eigenvalue weighted by Gasteiger charge is 2.20. The Morgan fingerprint density at radius 2 is 2.16 bits per heavy atom. The van der Waals surface area contributed by atoms with Gasteiger partial charge in [-0.1, -0.05) is 0 Å². The van der Waals surface area contributed by atoms with Gasteiger partial charge in [-0.2, -0.15) is 5.10 Å². The van der Waals surface area contributed by atoms with Gasteiger partial charge in [-0.25, -0.2) is 18.1 Å². The summed E-state index contributed by atoms with van der Waals surface area (Å²) in [4.78, 5) is 4.11. The highest BCUT2D eigenvalue weighted by atomic mass is 32.2. The van der Waals surface area contributed by atoms with Crippen molar-refractivity contribution in [3.63, 3.8) is 0 Å². The van der Waals surface area contributed by atoms with Crippen LogP contribution >= 0.6 is 0 Å². The number of nitrogens with two attached hydrogens (primary N) is 1. The van der Waals surface area contributed by atoms with Gasteiger partial charge in [0.2, 0.25) is 10.0 Å². The average Bonchev–Trinajstić information content (AvgIpc) is 2.86.